The number of thioether (sulfide) groups is 2. The first kappa shape index (κ1) is 16.5. The molecule has 2 aromatic heterocycles. The van der Waals surface area contributed by atoms with Crippen molar-refractivity contribution in [3.05, 3.63) is 47.8 Å². The Morgan fingerprint density at radius 2 is 2.36 bits per heavy atom. The molecule has 2 aromatic rings. The van der Waals surface area contributed by atoms with Gasteiger partial charge in [0.25, 0.3) is 5.91 Å². The molecule has 6 nitrogen and oxygen atoms in total. The van der Waals surface area contributed by atoms with Gasteiger partial charge in [0.15, 0.2) is 0 Å². The highest BCUT2D eigenvalue weighted by Crippen LogP contribution is 2.34. The van der Waals surface area contributed by atoms with Crippen molar-refractivity contribution in [2.45, 2.75) is 19.4 Å². The van der Waals surface area contributed by atoms with Gasteiger partial charge in [0, 0.05) is 12.2 Å². The van der Waals surface area contributed by atoms with Gasteiger partial charge in [-0.1, -0.05) is 23.5 Å². The van der Waals surface area contributed by atoms with E-state index in [1.54, 1.807) is 18.0 Å². The summed E-state index contributed by atoms with van der Waals surface area (Å²) in [6, 6.07) is 7.25. The molecule has 1 atom stereocenters. The number of rotatable bonds is 4. The Hall–Kier alpha value is -1.93. The number of hydrogen-bond donors (Lipinski definition) is 0. The van der Waals surface area contributed by atoms with Crippen LogP contribution in [0.25, 0.3) is 0 Å². The minimum Gasteiger partial charge on any atom is -0.467 e. The molecule has 8 heteroatoms. The Labute approximate surface area is 153 Å². The zero-order chi connectivity index (χ0) is 17.2. The molecule has 0 radical (unpaired) electrons. The van der Waals surface area contributed by atoms with Gasteiger partial charge in [-0.05, 0) is 31.2 Å². The zero-order valence-corrected chi connectivity index (χ0v) is 15.3. The summed E-state index contributed by atoms with van der Waals surface area (Å²) in [5.41, 5.74) is 0.764. The first-order chi connectivity index (χ1) is 12.2. The fourth-order valence-electron chi connectivity index (χ4n) is 2.77. The molecule has 0 N–H and O–H groups in total. The molecule has 0 saturated carbocycles. The molecule has 0 saturated heterocycles. The second-order valence-electron chi connectivity index (χ2n) is 5.72. The number of amides is 1. The van der Waals surface area contributed by atoms with Crippen LogP contribution in [0.1, 0.15) is 29.7 Å². The zero-order valence-electron chi connectivity index (χ0n) is 13.7. The molecular weight excluding hydrogens is 358 g/mol. The van der Waals surface area contributed by atoms with Gasteiger partial charge in [-0.25, -0.2) is 5.01 Å². The van der Waals surface area contributed by atoms with Gasteiger partial charge in [0.1, 0.15) is 33.4 Å². The van der Waals surface area contributed by atoms with Crippen molar-refractivity contribution in [3.8, 4) is 0 Å². The van der Waals surface area contributed by atoms with Crippen LogP contribution in [0.3, 0.4) is 0 Å². The Bertz CT molecular complexity index is 826. The number of carbonyl (C=O) groups excluding carboxylic acids is 1. The molecule has 130 valence electrons. The molecule has 25 heavy (non-hydrogen) atoms. The minimum absolute atomic E-state index is 0.0557. The maximum atomic E-state index is 12.8. The fraction of sp³-hybridized carbons (Fsp3) is 0.353. The third-order valence-electron chi connectivity index (χ3n) is 3.94. The van der Waals surface area contributed by atoms with Gasteiger partial charge in [0.2, 0.25) is 0 Å². The van der Waals surface area contributed by atoms with Crippen LogP contribution in [-0.2, 0) is 4.79 Å². The van der Waals surface area contributed by atoms with Gasteiger partial charge in [-0.15, -0.1) is 0 Å². The lowest BCUT2D eigenvalue weighted by molar-refractivity contribution is -0.130. The maximum Gasteiger partial charge on any atom is 0.253 e. The average molecular weight is 375 g/mol. The second-order valence-corrected chi connectivity index (χ2v) is 8.02. The van der Waals surface area contributed by atoms with E-state index >= 15 is 0 Å². The van der Waals surface area contributed by atoms with Crippen LogP contribution in [0.2, 0.25) is 0 Å². The largest absolute Gasteiger partial charge is 0.467 e. The number of carbonyl (C=O) groups is 1. The molecule has 1 amide bonds. The van der Waals surface area contributed by atoms with Crippen molar-refractivity contribution in [1.29, 1.82) is 0 Å². The number of aryl methyl sites for hydroxylation is 1. The molecule has 0 fully saturated rings. The molecule has 0 aliphatic carbocycles. The summed E-state index contributed by atoms with van der Waals surface area (Å²) in [7, 11) is 0. The molecule has 0 spiro atoms. The van der Waals surface area contributed by atoms with E-state index in [2.05, 4.69) is 10.1 Å². The van der Waals surface area contributed by atoms with Gasteiger partial charge in [-0.2, -0.15) is 5.10 Å². The van der Waals surface area contributed by atoms with Crippen LogP contribution >= 0.6 is 23.5 Å². The van der Waals surface area contributed by atoms with Crippen molar-refractivity contribution in [1.82, 2.24) is 5.01 Å². The number of hydrazone groups is 1. The third-order valence-corrected chi connectivity index (χ3v) is 6.18. The maximum absolute atomic E-state index is 12.8. The summed E-state index contributed by atoms with van der Waals surface area (Å²) in [6.45, 7) is 2.72. The Morgan fingerprint density at radius 3 is 3.04 bits per heavy atom. The van der Waals surface area contributed by atoms with Gasteiger partial charge < -0.3 is 8.83 Å². The van der Waals surface area contributed by atoms with Gasteiger partial charge >= 0.3 is 0 Å². The highest BCUT2D eigenvalue weighted by molar-refractivity contribution is 8.39. The molecular formula is C17H17N3O3S2. The summed E-state index contributed by atoms with van der Waals surface area (Å²) in [4.78, 5) is 17.1. The summed E-state index contributed by atoms with van der Waals surface area (Å²) >= 11 is 3.18. The molecule has 4 heterocycles. The van der Waals surface area contributed by atoms with Crippen LogP contribution in [0, 0.1) is 6.92 Å². The molecule has 0 bridgehead atoms. The normalized spacial score (nSPS) is 20.0. The lowest BCUT2D eigenvalue weighted by Crippen LogP contribution is -2.28. The third kappa shape index (κ3) is 3.55. The van der Waals surface area contributed by atoms with Crippen molar-refractivity contribution in [3.63, 3.8) is 0 Å². The van der Waals surface area contributed by atoms with E-state index in [4.69, 9.17) is 8.83 Å². The number of aliphatic imine (C=N–C) groups is 1. The Balaban J connectivity index is 1.54. The predicted molar refractivity (Wildman–Crippen MR) is 100 cm³/mol. The van der Waals surface area contributed by atoms with E-state index in [9.17, 15) is 4.79 Å². The SMILES string of the molecule is Cc1ccc(C2=NN(C(=O)CSC3=NCCS3)[C@H](c3ccco3)C2)o1. The molecule has 0 aromatic carbocycles. The van der Waals surface area contributed by atoms with Crippen LogP contribution < -0.4 is 0 Å². The van der Waals surface area contributed by atoms with E-state index in [1.807, 2.05) is 31.2 Å². The summed E-state index contributed by atoms with van der Waals surface area (Å²) < 4.78 is 12.2. The predicted octanol–water partition coefficient (Wildman–Crippen LogP) is 3.69. The van der Waals surface area contributed by atoms with E-state index in [0.717, 1.165) is 33.9 Å². The molecule has 2 aliphatic rings. The van der Waals surface area contributed by atoms with Crippen LogP contribution in [0.4, 0.5) is 0 Å². The molecule has 0 unspecified atom stereocenters. The lowest BCUT2D eigenvalue weighted by Gasteiger charge is -2.19. The van der Waals surface area contributed by atoms with Crippen LogP contribution in [0.15, 0.2) is 49.5 Å². The van der Waals surface area contributed by atoms with Crippen LogP contribution in [0.5, 0.6) is 0 Å². The van der Waals surface area contributed by atoms with Crippen molar-refractivity contribution in [2.24, 2.45) is 10.1 Å². The summed E-state index contributed by atoms with van der Waals surface area (Å²) in [5.74, 6) is 3.51. The fourth-order valence-corrected chi connectivity index (χ4v) is 4.64. The Kier molecular flexibility index (Phi) is 4.72. The average Bonchev–Trinajstić information content (AvgIpc) is 3.38. The van der Waals surface area contributed by atoms with Crippen LogP contribution in [-0.4, -0.2) is 39.1 Å². The minimum atomic E-state index is -0.235. The van der Waals surface area contributed by atoms with Gasteiger partial charge in [-0.3, -0.25) is 9.79 Å². The van der Waals surface area contributed by atoms with E-state index in [-0.39, 0.29) is 11.9 Å². The number of nitrogens with zero attached hydrogens (tertiary/aromatic N) is 3. The first-order valence-corrected chi connectivity index (χ1v) is 9.97. The van der Waals surface area contributed by atoms with E-state index in [0.29, 0.717) is 17.9 Å². The smallest absolute Gasteiger partial charge is 0.253 e. The lowest BCUT2D eigenvalue weighted by atomic mass is 10.1. The number of furan rings is 2. The summed E-state index contributed by atoms with van der Waals surface area (Å²) in [5, 5.41) is 6.07. The Morgan fingerprint density at radius 1 is 1.44 bits per heavy atom. The van der Waals surface area contributed by atoms with Gasteiger partial charge in [0.05, 0.1) is 18.6 Å². The quantitative estimate of drug-likeness (QED) is 0.815. The summed E-state index contributed by atoms with van der Waals surface area (Å²) in [6.07, 6.45) is 2.19. The first-order valence-electron chi connectivity index (χ1n) is 8.00. The highest BCUT2D eigenvalue weighted by atomic mass is 32.2. The highest BCUT2D eigenvalue weighted by Gasteiger charge is 2.35. The van der Waals surface area contributed by atoms with Crippen molar-refractivity contribution in [2.75, 3.05) is 18.1 Å². The topological polar surface area (TPSA) is 71.3 Å². The standard InChI is InChI=1S/C17H17N3O3S2/c1-11-4-5-14(23-11)12-9-13(15-3-2-7-22-15)20(19-12)16(21)10-25-17-18-6-8-24-17/h2-5,7,13H,6,8-10H2,1H3/t13-/m0/s1. The van der Waals surface area contributed by atoms with E-state index < -0.39 is 0 Å². The number of hydrogen-bond acceptors (Lipinski definition) is 7. The van der Waals surface area contributed by atoms with Crippen molar-refractivity contribution < 1.29 is 13.6 Å². The van der Waals surface area contributed by atoms with Crippen molar-refractivity contribution >= 4 is 39.5 Å². The molecule has 4 rings (SSSR count). The van der Waals surface area contributed by atoms with E-state index in [1.165, 1.54) is 16.8 Å². The second kappa shape index (κ2) is 7.13. The monoisotopic (exact) mass is 375 g/mol. The molecule has 2 aliphatic heterocycles.